The minimum Gasteiger partial charge on any atom is -0.494 e. The number of nitrogens with zero attached hydrogens (tertiary/aromatic N) is 2. The first-order valence-corrected chi connectivity index (χ1v) is 7.01. The second-order valence-corrected chi connectivity index (χ2v) is 4.86. The van der Waals surface area contributed by atoms with Gasteiger partial charge in [0.2, 0.25) is 0 Å². The zero-order chi connectivity index (χ0) is 15.8. The van der Waals surface area contributed by atoms with Crippen molar-refractivity contribution in [3.63, 3.8) is 0 Å². The van der Waals surface area contributed by atoms with Crippen LogP contribution in [-0.4, -0.2) is 6.61 Å². The molecule has 1 atom stereocenters. The Kier molecular flexibility index (Phi) is 5.51. The van der Waals surface area contributed by atoms with Gasteiger partial charge in [-0.25, -0.2) is 4.39 Å². The molecule has 4 heteroatoms. The lowest BCUT2D eigenvalue weighted by Gasteiger charge is -2.10. The lowest BCUT2D eigenvalue weighted by atomic mass is 9.95. The molecule has 0 aliphatic heterocycles. The van der Waals surface area contributed by atoms with Crippen molar-refractivity contribution in [2.24, 2.45) is 0 Å². The number of halogens is 1. The highest BCUT2D eigenvalue weighted by atomic mass is 19.1. The quantitative estimate of drug-likeness (QED) is 0.751. The summed E-state index contributed by atoms with van der Waals surface area (Å²) >= 11 is 0. The Morgan fingerprint density at radius 2 is 1.68 bits per heavy atom. The van der Waals surface area contributed by atoms with E-state index in [0.717, 1.165) is 12.0 Å². The fourth-order valence-corrected chi connectivity index (χ4v) is 2.10. The molecule has 0 aromatic heterocycles. The summed E-state index contributed by atoms with van der Waals surface area (Å²) in [4.78, 5) is 0. The fraction of sp³-hybridized carbons (Fsp3) is 0.222. The minimum atomic E-state index is -0.294. The van der Waals surface area contributed by atoms with E-state index in [4.69, 9.17) is 10.00 Å². The van der Waals surface area contributed by atoms with Gasteiger partial charge in [0.15, 0.2) is 0 Å². The number of benzene rings is 2. The second-order valence-electron chi connectivity index (χ2n) is 4.86. The lowest BCUT2D eigenvalue weighted by Crippen LogP contribution is -2.02. The molecule has 0 spiro atoms. The normalized spacial score (nSPS) is 11.2. The van der Waals surface area contributed by atoms with Crippen LogP contribution in [0, 0.1) is 28.5 Å². The van der Waals surface area contributed by atoms with Gasteiger partial charge in [0, 0.05) is 0 Å². The van der Waals surface area contributed by atoms with Crippen molar-refractivity contribution < 1.29 is 9.13 Å². The van der Waals surface area contributed by atoms with E-state index < -0.39 is 0 Å². The number of rotatable bonds is 6. The van der Waals surface area contributed by atoms with Crippen molar-refractivity contribution in [2.45, 2.75) is 18.8 Å². The monoisotopic (exact) mass is 294 g/mol. The summed E-state index contributed by atoms with van der Waals surface area (Å²) in [5, 5.41) is 18.0. The lowest BCUT2D eigenvalue weighted by molar-refractivity contribution is 0.304. The van der Waals surface area contributed by atoms with Crippen molar-refractivity contribution in [3.05, 3.63) is 65.5 Å². The van der Waals surface area contributed by atoms with Gasteiger partial charge in [-0.2, -0.15) is 10.5 Å². The molecule has 2 aromatic rings. The molecule has 0 amide bonds. The Bertz CT molecular complexity index is 681. The zero-order valence-electron chi connectivity index (χ0n) is 12.0. The summed E-state index contributed by atoms with van der Waals surface area (Å²) < 4.78 is 18.3. The minimum absolute atomic E-state index is 0.218. The molecule has 0 bridgehead atoms. The molecule has 2 aromatic carbocycles. The molecule has 0 saturated heterocycles. The van der Waals surface area contributed by atoms with Gasteiger partial charge >= 0.3 is 0 Å². The van der Waals surface area contributed by atoms with Gasteiger partial charge in [-0.05, 0) is 54.8 Å². The Balaban J connectivity index is 1.82. The van der Waals surface area contributed by atoms with E-state index in [0.29, 0.717) is 24.3 Å². The molecule has 2 rings (SSSR count). The molecule has 110 valence electrons. The molecule has 0 aliphatic carbocycles. The Labute approximate surface area is 129 Å². The van der Waals surface area contributed by atoms with Crippen molar-refractivity contribution >= 4 is 0 Å². The van der Waals surface area contributed by atoms with Gasteiger partial charge in [0.1, 0.15) is 11.6 Å². The smallest absolute Gasteiger partial charge is 0.123 e. The van der Waals surface area contributed by atoms with Crippen LogP contribution in [0.1, 0.15) is 29.9 Å². The topological polar surface area (TPSA) is 56.8 Å². The maximum Gasteiger partial charge on any atom is 0.123 e. The van der Waals surface area contributed by atoms with Gasteiger partial charge < -0.3 is 4.74 Å². The van der Waals surface area contributed by atoms with Crippen LogP contribution < -0.4 is 4.74 Å². The molecule has 0 heterocycles. The van der Waals surface area contributed by atoms with Gasteiger partial charge in [-0.15, -0.1) is 0 Å². The first-order valence-electron chi connectivity index (χ1n) is 7.01. The first-order chi connectivity index (χ1) is 10.7. The van der Waals surface area contributed by atoms with E-state index in [1.54, 1.807) is 24.3 Å². The Morgan fingerprint density at radius 1 is 1.00 bits per heavy atom. The molecule has 22 heavy (non-hydrogen) atoms. The van der Waals surface area contributed by atoms with E-state index in [1.165, 1.54) is 12.1 Å². The standard InChI is InChI=1S/C18H15FN2O/c19-17-7-9-18(10-8-17)22-11-1-2-16(13-21)15-5-3-14(12-20)4-6-15/h3-10,16H,1-2,11H2. The summed E-state index contributed by atoms with van der Waals surface area (Å²) in [6, 6.07) is 17.3. The predicted octanol–water partition coefficient (Wildman–Crippen LogP) is 4.16. The average molecular weight is 294 g/mol. The third kappa shape index (κ3) is 4.33. The predicted molar refractivity (Wildman–Crippen MR) is 80.6 cm³/mol. The fourth-order valence-electron chi connectivity index (χ4n) is 2.10. The molecule has 0 saturated carbocycles. The van der Waals surface area contributed by atoms with Crippen LogP contribution in [0.4, 0.5) is 4.39 Å². The van der Waals surface area contributed by atoms with Gasteiger partial charge in [-0.3, -0.25) is 0 Å². The van der Waals surface area contributed by atoms with E-state index >= 15 is 0 Å². The summed E-state index contributed by atoms with van der Waals surface area (Å²) in [5.41, 5.74) is 1.49. The summed E-state index contributed by atoms with van der Waals surface area (Å²) in [7, 11) is 0. The number of nitriles is 2. The number of hydrogen-bond donors (Lipinski definition) is 0. The molecule has 0 fully saturated rings. The van der Waals surface area contributed by atoms with E-state index in [2.05, 4.69) is 12.1 Å². The summed E-state index contributed by atoms with van der Waals surface area (Å²) in [6.07, 6.45) is 1.39. The van der Waals surface area contributed by atoms with Gasteiger partial charge in [0.25, 0.3) is 0 Å². The van der Waals surface area contributed by atoms with E-state index in [-0.39, 0.29) is 11.7 Å². The molecule has 3 nitrogen and oxygen atoms in total. The third-order valence-electron chi connectivity index (χ3n) is 3.32. The Morgan fingerprint density at radius 3 is 2.27 bits per heavy atom. The summed E-state index contributed by atoms with van der Waals surface area (Å²) in [6.45, 7) is 0.472. The zero-order valence-corrected chi connectivity index (χ0v) is 12.0. The highest BCUT2D eigenvalue weighted by Gasteiger charge is 2.10. The second kappa shape index (κ2) is 7.81. The maximum absolute atomic E-state index is 12.8. The van der Waals surface area contributed by atoms with Crippen LogP contribution in [-0.2, 0) is 0 Å². The van der Waals surface area contributed by atoms with Crippen LogP contribution in [0.2, 0.25) is 0 Å². The first kappa shape index (κ1) is 15.5. The van der Waals surface area contributed by atoms with E-state index in [1.807, 2.05) is 12.1 Å². The van der Waals surface area contributed by atoms with Crippen LogP contribution in [0.5, 0.6) is 5.75 Å². The van der Waals surface area contributed by atoms with E-state index in [9.17, 15) is 9.65 Å². The summed E-state index contributed by atoms with van der Waals surface area (Å²) in [5.74, 6) is 0.107. The number of ether oxygens (including phenoxy) is 1. The van der Waals surface area contributed by atoms with Gasteiger partial charge in [0.05, 0.1) is 30.2 Å². The average Bonchev–Trinajstić information content (AvgIpc) is 2.57. The van der Waals surface area contributed by atoms with Crippen LogP contribution in [0.25, 0.3) is 0 Å². The molecular formula is C18H15FN2O. The van der Waals surface area contributed by atoms with Gasteiger partial charge in [-0.1, -0.05) is 12.1 Å². The molecule has 0 N–H and O–H groups in total. The van der Waals surface area contributed by atoms with Crippen LogP contribution in [0.15, 0.2) is 48.5 Å². The third-order valence-corrected chi connectivity index (χ3v) is 3.32. The van der Waals surface area contributed by atoms with Crippen molar-refractivity contribution in [1.29, 1.82) is 10.5 Å². The molecule has 0 aliphatic rings. The molecular weight excluding hydrogens is 279 g/mol. The Hall–Kier alpha value is -2.85. The van der Waals surface area contributed by atoms with Crippen molar-refractivity contribution in [1.82, 2.24) is 0 Å². The highest BCUT2D eigenvalue weighted by Crippen LogP contribution is 2.21. The largest absolute Gasteiger partial charge is 0.494 e. The SMILES string of the molecule is N#Cc1ccc(C(C#N)CCCOc2ccc(F)cc2)cc1. The van der Waals surface area contributed by atoms with Crippen molar-refractivity contribution in [3.8, 4) is 17.9 Å². The molecule has 0 radical (unpaired) electrons. The van der Waals surface area contributed by atoms with Crippen molar-refractivity contribution in [2.75, 3.05) is 6.61 Å². The van der Waals surface area contributed by atoms with Crippen LogP contribution in [0.3, 0.4) is 0 Å². The molecule has 1 unspecified atom stereocenters. The maximum atomic E-state index is 12.8. The highest BCUT2D eigenvalue weighted by molar-refractivity contribution is 5.34. The number of hydrogen-bond acceptors (Lipinski definition) is 3. The van der Waals surface area contributed by atoms with Crippen LogP contribution >= 0.6 is 0 Å².